The quantitative estimate of drug-likeness (QED) is 0.673. The van der Waals surface area contributed by atoms with Crippen LogP contribution < -0.4 is 10.3 Å². The van der Waals surface area contributed by atoms with Crippen molar-refractivity contribution < 1.29 is 4.74 Å². The molecule has 0 saturated carbocycles. The van der Waals surface area contributed by atoms with Gasteiger partial charge in [-0.25, -0.2) is 0 Å². The van der Waals surface area contributed by atoms with E-state index in [1.165, 1.54) is 0 Å². The van der Waals surface area contributed by atoms with Gasteiger partial charge in [0.05, 0.1) is 0 Å². The molecule has 0 radical (unpaired) electrons. The van der Waals surface area contributed by atoms with E-state index in [2.05, 4.69) is 4.98 Å². The number of fused-ring (bicyclic) bond motifs is 1. The van der Waals surface area contributed by atoms with Gasteiger partial charge in [0.2, 0.25) is 0 Å². The molecule has 18 heavy (non-hydrogen) atoms. The molecule has 0 saturated heterocycles. The normalized spacial score (nSPS) is 10.7. The number of rotatable bonds is 2. The van der Waals surface area contributed by atoms with Gasteiger partial charge in [-0.15, -0.1) is 0 Å². The van der Waals surface area contributed by atoms with Crippen LogP contribution in [-0.2, 0) is 0 Å². The SMILES string of the molecule is COc1ccc2[se]n(-c3ccccn3)c(=O)c2c1. The van der Waals surface area contributed by atoms with E-state index in [-0.39, 0.29) is 20.3 Å². The van der Waals surface area contributed by atoms with Crippen LogP contribution in [0.2, 0.25) is 0 Å². The van der Waals surface area contributed by atoms with E-state index < -0.39 is 0 Å². The first kappa shape index (κ1) is 11.3. The third kappa shape index (κ3) is 1.78. The van der Waals surface area contributed by atoms with Crippen LogP contribution in [0.25, 0.3) is 15.5 Å². The van der Waals surface area contributed by atoms with Gasteiger partial charge in [0.1, 0.15) is 0 Å². The summed E-state index contributed by atoms with van der Waals surface area (Å²) in [5.74, 6) is 1.42. The van der Waals surface area contributed by atoms with Crippen LogP contribution in [0.4, 0.5) is 0 Å². The third-order valence-corrected chi connectivity index (χ3v) is 4.93. The molecular formula is C13H10N2O2Se. The molecule has 0 N–H and O–H groups in total. The minimum absolute atomic E-state index is 0.00241. The molecule has 2 aromatic heterocycles. The maximum absolute atomic E-state index is 12.3. The topological polar surface area (TPSA) is 44.1 Å². The van der Waals surface area contributed by atoms with Crippen molar-refractivity contribution in [2.75, 3.05) is 7.11 Å². The summed E-state index contributed by atoms with van der Waals surface area (Å²) in [5.41, 5.74) is 0.00241. The summed E-state index contributed by atoms with van der Waals surface area (Å²) in [7, 11) is 1.60. The fourth-order valence-corrected chi connectivity index (χ4v) is 3.76. The number of hydrogen-bond donors (Lipinski definition) is 0. The van der Waals surface area contributed by atoms with Crippen molar-refractivity contribution in [2.24, 2.45) is 0 Å². The molecule has 0 aliphatic carbocycles. The maximum atomic E-state index is 12.3. The number of hydrogen-bond acceptors (Lipinski definition) is 3. The van der Waals surface area contributed by atoms with Gasteiger partial charge in [0.25, 0.3) is 0 Å². The molecular weight excluding hydrogens is 295 g/mol. The Morgan fingerprint density at radius 3 is 2.89 bits per heavy atom. The van der Waals surface area contributed by atoms with Crippen molar-refractivity contribution in [3.8, 4) is 11.6 Å². The number of pyridine rings is 1. The zero-order valence-corrected chi connectivity index (χ0v) is 11.4. The van der Waals surface area contributed by atoms with Gasteiger partial charge in [0.15, 0.2) is 0 Å². The van der Waals surface area contributed by atoms with Gasteiger partial charge in [-0.1, -0.05) is 0 Å². The molecule has 0 bridgehead atoms. The Morgan fingerprint density at radius 2 is 2.17 bits per heavy atom. The van der Waals surface area contributed by atoms with Crippen LogP contribution in [0.3, 0.4) is 0 Å². The van der Waals surface area contributed by atoms with E-state index in [0.717, 1.165) is 9.65 Å². The summed E-state index contributed by atoms with van der Waals surface area (Å²) in [6.45, 7) is 0. The monoisotopic (exact) mass is 306 g/mol. The standard InChI is InChI=1S/C13H10N2O2Se/c1-17-9-5-6-11-10(8-9)13(16)15(18-11)12-4-2-3-7-14-12/h2-8H,1H3. The van der Waals surface area contributed by atoms with Crippen molar-refractivity contribution in [1.82, 2.24) is 8.55 Å². The Kier molecular flexibility index (Phi) is 2.78. The number of aromatic nitrogens is 2. The van der Waals surface area contributed by atoms with E-state index in [0.29, 0.717) is 11.6 Å². The van der Waals surface area contributed by atoms with Crippen LogP contribution in [0.5, 0.6) is 5.75 Å². The number of ether oxygens (including phenoxy) is 1. The first-order valence-corrected chi connectivity index (χ1v) is 7.03. The zero-order chi connectivity index (χ0) is 12.5. The van der Waals surface area contributed by atoms with Gasteiger partial charge < -0.3 is 0 Å². The van der Waals surface area contributed by atoms with Gasteiger partial charge >= 0.3 is 109 Å². The summed E-state index contributed by atoms with van der Waals surface area (Å²) < 4.78 is 7.95. The van der Waals surface area contributed by atoms with Crippen molar-refractivity contribution in [1.29, 1.82) is 0 Å². The van der Waals surface area contributed by atoms with Crippen LogP contribution in [0, 0.1) is 0 Å². The van der Waals surface area contributed by atoms with E-state index >= 15 is 0 Å². The van der Waals surface area contributed by atoms with Crippen LogP contribution in [0.1, 0.15) is 0 Å². The second kappa shape index (κ2) is 4.44. The van der Waals surface area contributed by atoms with Crippen LogP contribution in [0.15, 0.2) is 47.4 Å². The second-order valence-electron chi connectivity index (χ2n) is 3.74. The number of methoxy groups -OCH3 is 1. The Labute approximate surface area is 109 Å². The molecule has 3 rings (SSSR count). The van der Waals surface area contributed by atoms with Crippen LogP contribution in [-0.4, -0.2) is 30.4 Å². The molecule has 0 aliphatic rings. The Balaban J connectivity index is 2.27. The molecule has 0 aliphatic heterocycles. The first-order chi connectivity index (χ1) is 8.79. The van der Waals surface area contributed by atoms with Crippen molar-refractivity contribution in [3.05, 3.63) is 52.9 Å². The molecule has 3 aromatic rings. The van der Waals surface area contributed by atoms with Crippen molar-refractivity contribution in [3.63, 3.8) is 0 Å². The molecule has 0 spiro atoms. The van der Waals surface area contributed by atoms with Gasteiger partial charge in [-0.05, 0) is 0 Å². The Morgan fingerprint density at radius 1 is 1.28 bits per heavy atom. The molecule has 4 nitrogen and oxygen atoms in total. The average molecular weight is 305 g/mol. The van der Waals surface area contributed by atoms with Crippen molar-refractivity contribution >= 4 is 24.4 Å². The van der Waals surface area contributed by atoms with E-state index in [1.807, 2.05) is 30.3 Å². The van der Waals surface area contributed by atoms with Gasteiger partial charge in [-0.3, -0.25) is 0 Å². The van der Waals surface area contributed by atoms with E-state index in [4.69, 9.17) is 4.74 Å². The first-order valence-electron chi connectivity index (χ1n) is 5.41. The van der Waals surface area contributed by atoms with Gasteiger partial charge in [-0.2, -0.15) is 0 Å². The molecule has 90 valence electrons. The van der Waals surface area contributed by atoms with Crippen molar-refractivity contribution in [2.45, 2.75) is 0 Å². The second-order valence-corrected chi connectivity index (χ2v) is 5.81. The molecule has 0 amide bonds. The van der Waals surface area contributed by atoms with Gasteiger partial charge in [0, 0.05) is 0 Å². The molecule has 0 unspecified atom stereocenters. The zero-order valence-electron chi connectivity index (χ0n) is 9.66. The minimum atomic E-state index is -0.0486. The summed E-state index contributed by atoms with van der Waals surface area (Å²) in [6.07, 6.45) is 1.70. The summed E-state index contributed by atoms with van der Waals surface area (Å²) >= 11 is -0.0486. The number of benzene rings is 1. The molecule has 5 heteroatoms. The summed E-state index contributed by atoms with van der Waals surface area (Å²) in [4.78, 5) is 16.5. The molecule has 2 heterocycles. The fraction of sp³-hybridized carbons (Fsp3) is 0.0769. The number of nitrogens with zero attached hydrogens (tertiary/aromatic N) is 2. The Hall–Kier alpha value is -1.84. The predicted molar refractivity (Wildman–Crippen MR) is 70.8 cm³/mol. The fourth-order valence-electron chi connectivity index (χ4n) is 1.76. The Bertz CT molecular complexity index is 747. The van der Waals surface area contributed by atoms with E-state index in [9.17, 15) is 4.79 Å². The predicted octanol–water partition coefficient (Wildman–Crippen LogP) is 1.45. The molecule has 0 atom stereocenters. The molecule has 1 aromatic carbocycles. The molecule has 0 fully saturated rings. The average Bonchev–Trinajstić information content (AvgIpc) is 2.77. The van der Waals surface area contributed by atoms with E-state index in [1.54, 1.807) is 22.9 Å². The summed E-state index contributed by atoms with van der Waals surface area (Å²) in [5, 5.41) is 0.722. The third-order valence-electron chi connectivity index (χ3n) is 2.65. The van der Waals surface area contributed by atoms with Crippen LogP contribution >= 0.6 is 0 Å². The summed E-state index contributed by atoms with van der Waals surface area (Å²) in [6, 6.07) is 11.2.